The highest BCUT2D eigenvalue weighted by molar-refractivity contribution is 9.09. The Morgan fingerprint density at radius 3 is 1.38 bits per heavy atom. The third kappa shape index (κ3) is 3.92. The molecule has 0 N–H and O–H groups in total. The number of allylic oxidation sites excluding steroid dienone is 1. The molecule has 282 valence electrons. The molecule has 13 rings (SSSR count). The molecule has 0 heterocycles. The lowest BCUT2D eigenvalue weighted by molar-refractivity contribution is 1.16. The van der Waals surface area contributed by atoms with Crippen LogP contribution in [0.2, 0.25) is 0 Å². The summed E-state index contributed by atoms with van der Waals surface area (Å²) in [6.45, 7) is 20.3. The van der Waals surface area contributed by atoms with Gasteiger partial charge in [-0.1, -0.05) is 136 Å². The molecule has 1 unspecified atom stereocenters. The van der Waals surface area contributed by atoms with Crippen LogP contribution in [0.25, 0.3) is 136 Å². The second-order valence-corrected chi connectivity index (χ2v) is 19.5. The summed E-state index contributed by atoms with van der Waals surface area (Å²) in [5.74, 6) is 0. The molecular formula is C58H40BBr. The van der Waals surface area contributed by atoms with Crippen LogP contribution in [0, 0.1) is 41.5 Å². The van der Waals surface area contributed by atoms with Crippen LogP contribution in [0.3, 0.4) is 0 Å². The van der Waals surface area contributed by atoms with Crippen LogP contribution >= 0.6 is 15.9 Å². The van der Waals surface area contributed by atoms with Gasteiger partial charge in [0.25, 0.3) is 0 Å². The quantitative estimate of drug-likeness (QED) is 0.0718. The monoisotopic (exact) mass is 826 g/mol. The van der Waals surface area contributed by atoms with Gasteiger partial charge in [-0.25, -0.2) is 0 Å². The Labute approximate surface area is 358 Å². The third-order valence-corrected chi connectivity index (χ3v) is 15.0. The van der Waals surface area contributed by atoms with E-state index in [-0.39, 0.29) is 4.83 Å². The summed E-state index contributed by atoms with van der Waals surface area (Å²) in [6, 6.07) is 33.0. The number of alkyl halides is 1. The fraction of sp³-hybridized carbons (Fsp3) is 0.138. The summed E-state index contributed by atoms with van der Waals surface area (Å²) in [6.07, 6.45) is 4.30. The summed E-state index contributed by atoms with van der Waals surface area (Å²) in [7, 11) is 7.31. The second kappa shape index (κ2) is 11.4. The van der Waals surface area contributed by atoms with Crippen molar-refractivity contribution in [1.82, 2.24) is 0 Å². The number of rotatable bonds is 4. The molecule has 0 bridgehead atoms. The van der Waals surface area contributed by atoms with E-state index in [1.54, 1.807) is 0 Å². The Kier molecular flexibility index (Phi) is 6.65. The maximum Gasteiger partial charge on any atom is 0.114 e. The predicted molar refractivity (Wildman–Crippen MR) is 269 cm³/mol. The minimum absolute atomic E-state index is 0.0757. The van der Waals surface area contributed by atoms with Crippen molar-refractivity contribution in [2.75, 3.05) is 0 Å². The van der Waals surface area contributed by atoms with E-state index in [1.807, 2.05) is 6.08 Å². The lowest BCUT2D eigenvalue weighted by Crippen LogP contribution is -2.14. The van der Waals surface area contributed by atoms with Gasteiger partial charge < -0.3 is 0 Å². The molecule has 0 saturated carbocycles. The van der Waals surface area contributed by atoms with Gasteiger partial charge in [0.1, 0.15) is 7.85 Å². The Morgan fingerprint density at radius 1 is 0.450 bits per heavy atom. The molecule has 0 amide bonds. The molecule has 2 heteroatoms. The standard InChI is InChI=1S/C58H40BBr/c1-9-10-34-46(41-27(4)21-25(2)22-28(41)5)36-16-12-33-14-18-39-48-40(59)20-19-38-47(42-29(6)23-26(3)24-30(42)7)37-17-13-32-11-15-35-43(31(8)60)49(34)55-51(36)45(33)53(39)58-56(54(38)48)52(37)44(32)50(35)57(55)58/h9-24,31H,1H2,2-8H3/b34-10-. The van der Waals surface area contributed by atoms with E-state index in [0.29, 0.717) is 0 Å². The number of aryl methyl sites for hydroxylation is 6. The van der Waals surface area contributed by atoms with Crippen LogP contribution in [-0.2, 0) is 0 Å². The largest absolute Gasteiger partial charge is 0.114 e. The molecule has 13 aromatic rings. The lowest BCUT2D eigenvalue weighted by Gasteiger charge is -2.31. The number of hydrogen-bond donors (Lipinski definition) is 0. The molecule has 0 aliphatic heterocycles. The van der Waals surface area contributed by atoms with Crippen molar-refractivity contribution in [2.45, 2.75) is 53.3 Å². The highest BCUT2D eigenvalue weighted by atomic mass is 79.9. The van der Waals surface area contributed by atoms with Crippen LogP contribution in [0.4, 0.5) is 0 Å². The van der Waals surface area contributed by atoms with Crippen molar-refractivity contribution in [2.24, 2.45) is 0 Å². The van der Waals surface area contributed by atoms with Crippen molar-refractivity contribution in [1.29, 1.82) is 0 Å². The van der Waals surface area contributed by atoms with E-state index in [2.05, 4.69) is 162 Å². The van der Waals surface area contributed by atoms with Crippen molar-refractivity contribution in [3.63, 3.8) is 0 Å². The number of fused-ring (bicyclic) bond motifs is 1. The minimum Gasteiger partial charge on any atom is -0.0990 e. The molecule has 1 atom stereocenters. The van der Waals surface area contributed by atoms with E-state index in [1.165, 1.54) is 174 Å². The predicted octanol–water partition coefficient (Wildman–Crippen LogP) is 15.5. The molecule has 2 radical (unpaired) electrons. The summed E-state index contributed by atoms with van der Waals surface area (Å²) in [5.41, 5.74) is 15.2. The average molecular weight is 828 g/mol. The highest BCUT2D eigenvalue weighted by Gasteiger charge is 2.33. The first-order valence-corrected chi connectivity index (χ1v) is 22.2. The van der Waals surface area contributed by atoms with E-state index in [4.69, 9.17) is 7.85 Å². The van der Waals surface area contributed by atoms with E-state index < -0.39 is 0 Å². The van der Waals surface area contributed by atoms with Crippen LogP contribution < -0.4 is 10.7 Å². The Hall–Kier alpha value is -5.96. The van der Waals surface area contributed by atoms with Gasteiger partial charge in [-0.3, -0.25) is 0 Å². The van der Waals surface area contributed by atoms with Gasteiger partial charge in [0.05, 0.1) is 0 Å². The van der Waals surface area contributed by atoms with Crippen LogP contribution in [0.5, 0.6) is 0 Å². The average Bonchev–Trinajstić information content (AvgIpc) is 3.20. The van der Waals surface area contributed by atoms with Crippen molar-refractivity contribution in [3.8, 4) is 22.3 Å². The lowest BCUT2D eigenvalue weighted by atomic mass is 9.71. The minimum atomic E-state index is 0.0757. The topological polar surface area (TPSA) is 0 Å². The van der Waals surface area contributed by atoms with Crippen LogP contribution in [-0.4, -0.2) is 7.85 Å². The fourth-order valence-electron chi connectivity index (χ4n) is 13.0. The van der Waals surface area contributed by atoms with Crippen LogP contribution in [0.1, 0.15) is 50.7 Å². The highest BCUT2D eigenvalue weighted by Crippen LogP contribution is 2.60. The first kappa shape index (κ1) is 34.9. The summed E-state index contributed by atoms with van der Waals surface area (Å²) < 4.78 is 0. The van der Waals surface area contributed by atoms with Gasteiger partial charge in [-0.15, -0.1) is 0 Å². The number of benzene rings is 13. The van der Waals surface area contributed by atoms with Gasteiger partial charge in [0.2, 0.25) is 0 Å². The zero-order valence-electron chi connectivity index (χ0n) is 35.0. The van der Waals surface area contributed by atoms with Crippen LogP contribution in [0.15, 0.2) is 97.6 Å². The molecule has 0 spiro atoms. The molecule has 0 nitrogen and oxygen atoms in total. The molecule has 0 saturated heterocycles. The Morgan fingerprint density at radius 2 is 0.850 bits per heavy atom. The fourth-order valence-corrected chi connectivity index (χ4v) is 13.4. The Balaban J connectivity index is 1.45. The van der Waals surface area contributed by atoms with E-state index >= 15 is 0 Å². The van der Waals surface area contributed by atoms with Gasteiger partial charge in [-0.05, 0) is 211 Å². The normalized spacial score (nSPS) is 13.8. The molecule has 60 heavy (non-hydrogen) atoms. The molecule has 13 aromatic carbocycles. The summed E-state index contributed by atoms with van der Waals surface area (Å²) >= 11 is 4.26. The smallest absolute Gasteiger partial charge is 0.0990 e. The maximum absolute atomic E-state index is 7.31. The van der Waals surface area contributed by atoms with Gasteiger partial charge in [-0.2, -0.15) is 0 Å². The Bertz CT molecular complexity index is 4060. The zero-order valence-corrected chi connectivity index (χ0v) is 36.6. The van der Waals surface area contributed by atoms with E-state index in [9.17, 15) is 0 Å². The molecule has 0 aliphatic rings. The van der Waals surface area contributed by atoms with Crippen molar-refractivity contribution < 1.29 is 0 Å². The second-order valence-electron chi connectivity index (χ2n) is 18.1. The molecule has 0 aliphatic carbocycles. The maximum atomic E-state index is 7.31. The van der Waals surface area contributed by atoms with Crippen molar-refractivity contribution >= 4 is 143 Å². The van der Waals surface area contributed by atoms with Crippen molar-refractivity contribution in [3.05, 3.63) is 142 Å². The third-order valence-electron chi connectivity index (χ3n) is 14.6. The van der Waals surface area contributed by atoms with Gasteiger partial charge in [0.15, 0.2) is 0 Å². The SMILES string of the molecule is [B]c1ccc2c(-c3c(C)cc(C)cc3C)c3ccc4ccc5c(C(C)Br)c6/c(=C\C=C)c(-c7c(C)cc(C)cc7C)c7ccc8ccc9c1c2c1c3c4c5c2c6c7c8c9c12. The number of halogens is 1. The first-order valence-electron chi connectivity index (χ1n) is 21.3. The summed E-state index contributed by atoms with van der Waals surface area (Å²) in [4.78, 5) is 0.0757. The zero-order chi connectivity index (χ0) is 40.9. The molecular weight excluding hydrogens is 787 g/mol. The van der Waals surface area contributed by atoms with E-state index in [0.717, 1.165) is 5.46 Å². The number of hydrogen-bond acceptors (Lipinski definition) is 0. The summed E-state index contributed by atoms with van der Waals surface area (Å²) in [5, 5.41) is 27.6. The van der Waals surface area contributed by atoms with Gasteiger partial charge in [0, 0.05) is 4.83 Å². The van der Waals surface area contributed by atoms with Gasteiger partial charge >= 0.3 is 0 Å². The molecule has 0 aromatic heterocycles. The first-order chi connectivity index (χ1) is 29.0. The molecule has 0 fully saturated rings.